The predicted molar refractivity (Wildman–Crippen MR) is 132 cm³/mol. The SMILES string of the molecule is N#Cc1cccc(-c2nc(N)nc3c2cnn3Cc2cccc(OCCCCCCC(=O)NO)n2)c1. The molecule has 0 fully saturated rings. The first-order valence-electron chi connectivity index (χ1n) is 11.6. The number of benzene rings is 1. The van der Waals surface area contributed by atoms with E-state index in [1.807, 2.05) is 18.2 Å². The van der Waals surface area contributed by atoms with Crippen molar-refractivity contribution in [2.24, 2.45) is 0 Å². The lowest BCUT2D eigenvalue weighted by molar-refractivity contribution is -0.129. The summed E-state index contributed by atoms with van der Waals surface area (Å²) < 4.78 is 7.50. The van der Waals surface area contributed by atoms with Gasteiger partial charge in [0, 0.05) is 18.1 Å². The van der Waals surface area contributed by atoms with E-state index >= 15 is 0 Å². The van der Waals surface area contributed by atoms with Crippen LogP contribution in [0.2, 0.25) is 0 Å². The number of nitriles is 1. The van der Waals surface area contributed by atoms with Crippen LogP contribution in [-0.4, -0.2) is 42.5 Å². The zero-order chi connectivity index (χ0) is 25.3. The van der Waals surface area contributed by atoms with Crippen LogP contribution in [0.25, 0.3) is 22.3 Å². The largest absolute Gasteiger partial charge is 0.478 e. The van der Waals surface area contributed by atoms with Gasteiger partial charge in [0.15, 0.2) is 5.65 Å². The van der Waals surface area contributed by atoms with Crippen molar-refractivity contribution in [3.05, 3.63) is 59.9 Å². The van der Waals surface area contributed by atoms with Crippen molar-refractivity contribution in [2.75, 3.05) is 12.3 Å². The molecule has 1 amide bonds. The number of nitrogen functional groups attached to an aromatic ring is 1. The lowest BCUT2D eigenvalue weighted by Crippen LogP contribution is -2.17. The van der Waals surface area contributed by atoms with Crippen LogP contribution in [0.15, 0.2) is 48.7 Å². The van der Waals surface area contributed by atoms with Gasteiger partial charge in [0.05, 0.1) is 47.8 Å². The molecule has 0 radical (unpaired) electrons. The molecule has 11 nitrogen and oxygen atoms in total. The molecule has 0 atom stereocenters. The zero-order valence-electron chi connectivity index (χ0n) is 19.6. The van der Waals surface area contributed by atoms with E-state index in [9.17, 15) is 10.1 Å². The summed E-state index contributed by atoms with van der Waals surface area (Å²) in [6.07, 6.45) is 5.35. The van der Waals surface area contributed by atoms with Gasteiger partial charge < -0.3 is 10.5 Å². The number of carbonyl (C=O) groups is 1. The van der Waals surface area contributed by atoms with Gasteiger partial charge in [0.25, 0.3) is 0 Å². The highest BCUT2D eigenvalue weighted by atomic mass is 16.5. The van der Waals surface area contributed by atoms with Crippen molar-refractivity contribution in [1.82, 2.24) is 30.2 Å². The maximum absolute atomic E-state index is 11.0. The average Bonchev–Trinajstić information content (AvgIpc) is 3.29. The number of nitrogens with zero attached hydrogens (tertiary/aromatic N) is 6. The number of hydrogen-bond acceptors (Lipinski definition) is 9. The number of fused-ring (bicyclic) bond motifs is 1. The second-order valence-electron chi connectivity index (χ2n) is 8.18. The zero-order valence-corrected chi connectivity index (χ0v) is 19.6. The third kappa shape index (κ3) is 6.11. The highest BCUT2D eigenvalue weighted by Gasteiger charge is 2.15. The Morgan fingerprint density at radius 3 is 2.78 bits per heavy atom. The number of aromatic nitrogens is 5. The van der Waals surface area contributed by atoms with E-state index in [2.05, 4.69) is 26.1 Å². The number of hydrogen-bond donors (Lipinski definition) is 3. The van der Waals surface area contributed by atoms with Crippen LogP contribution < -0.4 is 16.0 Å². The van der Waals surface area contributed by atoms with Gasteiger partial charge in [0.1, 0.15) is 0 Å². The minimum atomic E-state index is -0.365. The summed E-state index contributed by atoms with van der Waals surface area (Å²) in [5.41, 5.74) is 10.9. The van der Waals surface area contributed by atoms with Gasteiger partial charge in [0.2, 0.25) is 17.7 Å². The van der Waals surface area contributed by atoms with Crippen LogP contribution in [0.3, 0.4) is 0 Å². The van der Waals surface area contributed by atoms with Crippen LogP contribution in [0.4, 0.5) is 5.95 Å². The van der Waals surface area contributed by atoms with Crippen molar-refractivity contribution in [2.45, 2.75) is 38.6 Å². The minimum Gasteiger partial charge on any atom is -0.478 e. The van der Waals surface area contributed by atoms with E-state index in [1.165, 1.54) is 0 Å². The van der Waals surface area contributed by atoms with Crippen LogP contribution in [0.5, 0.6) is 5.88 Å². The number of unbranched alkanes of at least 4 members (excludes halogenated alkanes) is 3. The summed E-state index contributed by atoms with van der Waals surface area (Å²) in [6.45, 7) is 0.879. The summed E-state index contributed by atoms with van der Waals surface area (Å²) in [6, 6.07) is 14.9. The van der Waals surface area contributed by atoms with Crippen molar-refractivity contribution in [3.8, 4) is 23.2 Å². The predicted octanol–water partition coefficient (Wildman–Crippen LogP) is 3.23. The molecule has 0 aliphatic heterocycles. The van der Waals surface area contributed by atoms with E-state index in [0.29, 0.717) is 42.4 Å². The Hall–Kier alpha value is -4.56. The summed E-state index contributed by atoms with van der Waals surface area (Å²) in [4.78, 5) is 24.4. The normalized spacial score (nSPS) is 10.8. The maximum atomic E-state index is 11.0. The molecule has 11 heteroatoms. The van der Waals surface area contributed by atoms with E-state index in [4.69, 9.17) is 15.7 Å². The second-order valence-corrected chi connectivity index (χ2v) is 8.18. The summed E-state index contributed by atoms with van der Waals surface area (Å²) in [7, 11) is 0. The van der Waals surface area contributed by atoms with Gasteiger partial charge in [-0.2, -0.15) is 15.3 Å². The molecule has 4 aromatic rings. The second kappa shape index (κ2) is 11.7. The van der Waals surface area contributed by atoms with Gasteiger partial charge in [-0.3, -0.25) is 10.0 Å². The molecular weight excluding hydrogens is 460 g/mol. The smallest absolute Gasteiger partial charge is 0.243 e. The summed E-state index contributed by atoms with van der Waals surface area (Å²) >= 11 is 0. The Morgan fingerprint density at radius 1 is 1.11 bits per heavy atom. The molecule has 3 heterocycles. The van der Waals surface area contributed by atoms with Crippen molar-refractivity contribution >= 4 is 22.9 Å². The molecular formula is C25H26N8O3. The standard InChI is InChI=1S/C25H26N8O3/c26-14-17-7-5-8-18(13-17)23-20-15-28-33(24(20)31-25(27)30-23)16-19-9-6-11-22(29-19)36-12-4-2-1-3-10-21(34)32-35/h5-9,11,13,15,35H,1-4,10,12,16H2,(H,32,34)(H2,27,30,31). The molecule has 0 aliphatic carbocycles. The monoisotopic (exact) mass is 486 g/mol. The quantitative estimate of drug-likeness (QED) is 0.164. The number of rotatable bonds is 11. The van der Waals surface area contributed by atoms with Crippen molar-refractivity contribution in [1.29, 1.82) is 5.26 Å². The molecule has 0 unspecified atom stereocenters. The number of carbonyl (C=O) groups excluding carboxylic acids is 1. The molecule has 1 aromatic carbocycles. The van der Waals surface area contributed by atoms with Crippen LogP contribution >= 0.6 is 0 Å². The van der Waals surface area contributed by atoms with E-state index in [0.717, 1.165) is 42.3 Å². The topological polar surface area (TPSA) is 165 Å². The van der Waals surface area contributed by atoms with Crippen LogP contribution in [0.1, 0.15) is 43.4 Å². The lowest BCUT2D eigenvalue weighted by atomic mass is 10.1. The summed E-state index contributed by atoms with van der Waals surface area (Å²) in [5, 5.41) is 22.9. The highest BCUT2D eigenvalue weighted by Crippen LogP contribution is 2.27. The Morgan fingerprint density at radius 2 is 1.94 bits per heavy atom. The fraction of sp³-hybridized carbons (Fsp3) is 0.280. The number of anilines is 1. The lowest BCUT2D eigenvalue weighted by Gasteiger charge is -2.08. The number of pyridine rings is 1. The van der Waals surface area contributed by atoms with Crippen LogP contribution in [0, 0.1) is 11.3 Å². The first kappa shape index (κ1) is 24.6. The Balaban J connectivity index is 1.42. The van der Waals surface area contributed by atoms with Gasteiger partial charge >= 0.3 is 0 Å². The number of hydroxylamine groups is 1. The molecule has 0 spiro atoms. The van der Waals surface area contributed by atoms with E-state index in [1.54, 1.807) is 40.6 Å². The van der Waals surface area contributed by atoms with Crippen molar-refractivity contribution < 1.29 is 14.7 Å². The first-order chi connectivity index (χ1) is 17.6. The van der Waals surface area contributed by atoms with Gasteiger partial charge in [-0.15, -0.1) is 0 Å². The van der Waals surface area contributed by atoms with E-state index in [-0.39, 0.29) is 11.9 Å². The molecule has 0 saturated heterocycles. The van der Waals surface area contributed by atoms with Crippen LogP contribution in [-0.2, 0) is 11.3 Å². The molecule has 184 valence electrons. The van der Waals surface area contributed by atoms with E-state index < -0.39 is 0 Å². The fourth-order valence-corrected chi connectivity index (χ4v) is 3.80. The Bertz CT molecular complexity index is 1400. The average molecular weight is 487 g/mol. The Labute approximate surface area is 207 Å². The fourth-order valence-electron chi connectivity index (χ4n) is 3.80. The van der Waals surface area contributed by atoms with Gasteiger partial charge in [-0.1, -0.05) is 31.0 Å². The number of nitrogens with one attached hydrogen (secondary N) is 1. The molecule has 0 bridgehead atoms. The summed E-state index contributed by atoms with van der Waals surface area (Å²) in [5.74, 6) is 0.270. The maximum Gasteiger partial charge on any atom is 0.243 e. The molecule has 0 aliphatic rings. The molecule has 3 aromatic heterocycles. The van der Waals surface area contributed by atoms with Gasteiger partial charge in [-0.05, 0) is 31.0 Å². The molecule has 4 N–H and O–H groups in total. The minimum absolute atomic E-state index is 0.114. The van der Waals surface area contributed by atoms with Crippen molar-refractivity contribution in [3.63, 3.8) is 0 Å². The number of nitrogens with two attached hydrogens (primary N) is 1. The molecule has 36 heavy (non-hydrogen) atoms. The molecule has 4 rings (SSSR count). The van der Waals surface area contributed by atoms with Gasteiger partial charge in [-0.25, -0.2) is 20.1 Å². The molecule has 0 saturated carbocycles. The first-order valence-corrected chi connectivity index (χ1v) is 11.6. The number of amides is 1. The Kier molecular flexibility index (Phi) is 8.00. The third-order valence-corrected chi connectivity index (χ3v) is 5.54. The third-order valence-electron chi connectivity index (χ3n) is 5.54. The highest BCUT2D eigenvalue weighted by molar-refractivity contribution is 5.91. The number of ether oxygens (including phenoxy) is 1.